The van der Waals surface area contributed by atoms with E-state index in [0.29, 0.717) is 6.04 Å². The van der Waals surface area contributed by atoms with Gasteiger partial charge in [-0.15, -0.1) is 0 Å². The largest absolute Gasteiger partial charge is 0.497 e. The molecule has 1 aromatic carbocycles. The number of nitrogens with one attached hydrogen (secondary N) is 2. The van der Waals surface area contributed by atoms with Crippen molar-refractivity contribution in [1.29, 1.82) is 0 Å². The van der Waals surface area contributed by atoms with E-state index < -0.39 is 11.7 Å². The first kappa shape index (κ1) is 23.2. The van der Waals surface area contributed by atoms with Crippen LogP contribution in [0.3, 0.4) is 0 Å². The Kier molecular flexibility index (Phi) is 7.64. The van der Waals surface area contributed by atoms with Crippen molar-refractivity contribution in [2.24, 2.45) is 0 Å². The molecule has 0 saturated carbocycles. The van der Waals surface area contributed by atoms with E-state index in [-0.39, 0.29) is 18.5 Å². The summed E-state index contributed by atoms with van der Waals surface area (Å²) in [5.41, 5.74) is 0.665. The Morgan fingerprint density at radius 1 is 1.06 bits per heavy atom. The Hall–Kier alpha value is -2.48. The summed E-state index contributed by atoms with van der Waals surface area (Å²) in [5, 5.41) is 5.55. The summed E-state index contributed by atoms with van der Waals surface area (Å²) in [6.07, 6.45) is 2.61. The molecule has 2 heterocycles. The van der Waals surface area contributed by atoms with Crippen LogP contribution >= 0.6 is 0 Å². The van der Waals surface area contributed by atoms with Crippen LogP contribution < -0.4 is 20.3 Å². The second-order valence-corrected chi connectivity index (χ2v) is 9.32. The van der Waals surface area contributed by atoms with E-state index in [1.807, 2.05) is 12.1 Å². The SMILES string of the molecule is COc1ccc(N2CCC(N3CC[C@@H](NC(=O)CNC(=O)OC(C)(C)C)C3)CC2)cc1. The van der Waals surface area contributed by atoms with Crippen LogP contribution in [0, 0.1) is 0 Å². The number of carbonyl (C=O) groups is 2. The monoisotopic (exact) mass is 432 g/mol. The summed E-state index contributed by atoms with van der Waals surface area (Å²) in [7, 11) is 1.68. The lowest BCUT2D eigenvalue weighted by molar-refractivity contribution is -0.120. The molecular formula is C23H36N4O4. The molecule has 3 rings (SSSR count). The van der Waals surface area contributed by atoms with Gasteiger partial charge in [-0.3, -0.25) is 9.69 Å². The third-order valence-corrected chi connectivity index (χ3v) is 5.80. The lowest BCUT2D eigenvalue weighted by Gasteiger charge is -2.38. The van der Waals surface area contributed by atoms with Gasteiger partial charge in [0.15, 0.2) is 0 Å². The molecule has 0 aliphatic carbocycles. The standard InChI is InChI=1S/C23H36N4O4/c1-23(2,3)31-22(29)24-15-21(28)25-17-9-12-27(16-17)19-10-13-26(14-11-19)18-5-7-20(30-4)8-6-18/h5-8,17,19H,9-16H2,1-4H3,(H,24,29)(H,25,28)/t17-/m1/s1. The van der Waals surface area contributed by atoms with Crippen molar-refractivity contribution in [2.75, 3.05) is 44.7 Å². The van der Waals surface area contributed by atoms with E-state index in [1.165, 1.54) is 5.69 Å². The van der Waals surface area contributed by atoms with Gasteiger partial charge in [-0.1, -0.05) is 0 Å². The number of hydrogen-bond acceptors (Lipinski definition) is 6. The molecule has 2 N–H and O–H groups in total. The number of likely N-dealkylation sites (tertiary alicyclic amines) is 1. The first-order chi connectivity index (χ1) is 14.7. The summed E-state index contributed by atoms with van der Waals surface area (Å²) < 4.78 is 10.4. The van der Waals surface area contributed by atoms with Crippen LogP contribution in [-0.4, -0.2) is 74.4 Å². The molecule has 31 heavy (non-hydrogen) atoms. The highest BCUT2D eigenvalue weighted by Gasteiger charge is 2.31. The van der Waals surface area contributed by atoms with E-state index in [2.05, 4.69) is 32.6 Å². The van der Waals surface area contributed by atoms with Gasteiger partial charge in [0.25, 0.3) is 0 Å². The summed E-state index contributed by atoms with van der Waals surface area (Å²) in [6, 6.07) is 8.93. The van der Waals surface area contributed by atoms with E-state index in [4.69, 9.17) is 9.47 Å². The maximum Gasteiger partial charge on any atom is 0.408 e. The lowest BCUT2D eigenvalue weighted by atomic mass is 10.0. The topological polar surface area (TPSA) is 83.1 Å². The van der Waals surface area contributed by atoms with Crippen LogP contribution in [0.25, 0.3) is 0 Å². The van der Waals surface area contributed by atoms with Crippen molar-refractivity contribution >= 4 is 17.7 Å². The molecule has 0 bridgehead atoms. The number of rotatable bonds is 6. The number of hydrogen-bond donors (Lipinski definition) is 2. The quantitative estimate of drug-likeness (QED) is 0.718. The molecule has 1 atom stereocenters. The van der Waals surface area contributed by atoms with Crippen LogP contribution in [0.2, 0.25) is 0 Å². The van der Waals surface area contributed by atoms with Gasteiger partial charge in [-0.2, -0.15) is 0 Å². The molecule has 0 radical (unpaired) electrons. The molecule has 0 spiro atoms. The van der Waals surface area contributed by atoms with Gasteiger partial charge < -0.3 is 25.0 Å². The zero-order valence-electron chi connectivity index (χ0n) is 19.1. The first-order valence-electron chi connectivity index (χ1n) is 11.1. The molecule has 2 amide bonds. The number of alkyl carbamates (subject to hydrolysis) is 1. The fourth-order valence-corrected chi connectivity index (χ4v) is 4.26. The van der Waals surface area contributed by atoms with E-state index in [0.717, 1.165) is 51.2 Å². The number of nitrogens with zero attached hydrogens (tertiary/aromatic N) is 2. The molecule has 2 fully saturated rings. The van der Waals surface area contributed by atoms with Crippen molar-refractivity contribution in [3.8, 4) is 5.75 Å². The molecule has 0 unspecified atom stereocenters. The Morgan fingerprint density at radius 2 is 1.74 bits per heavy atom. The zero-order chi connectivity index (χ0) is 22.4. The smallest absolute Gasteiger partial charge is 0.408 e. The summed E-state index contributed by atoms with van der Waals surface area (Å²) in [6.45, 7) is 9.24. The van der Waals surface area contributed by atoms with Crippen LogP contribution in [0.4, 0.5) is 10.5 Å². The number of amides is 2. The number of piperidine rings is 1. The zero-order valence-corrected chi connectivity index (χ0v) is 19.1. The van der Waals surface area contributed by atoms with Crippen LogP contribution in [0.15, 0.2) is 24.3 Å². The van der Waals surface area contributed by atoms with Gasteiger partial charge in [-0.25, -0.2) is 4.79 Å². The maximum atomic E-state index is 12.2. The van der Waals surface area contributed by atoms with Gasteiger partial charge in [0.2, 0.25) is 5.91 Å². The molecule has 1 aromatic rings. The number of benzene rings is 1. The Bertz CT molecular complexity index is 739. The van der Waals surface area contributed by atoms with Crippen molar-refractivity contribution in [2.45, 2.75) is 57.7 Å². The number of anilines is 1. The number of methoxy groups -OCH3 is 1. The molecule has 172 valence electrons. The van der Waals surface area contributed by atoms with Crippen molar-refractivity contribution in [1.82, 2.24) is 15.5 Å². The fraction of sp³-hybridized carbons (Fsp3) is 0.652. The minimum Gasteiger partial charge on any atom is -0.497 e. The molecule has 8 nitrogen and oxygen atoms in total. The highest BCUT2D eigenvalue weighted by atomic mass is 16.6. The predicted molar refractivity (Wildman–Crippen MR) is 121 cm³/mol. The Morgan fingerprint density at radius 3 is 2.35 bits per heavy atom. The van der Waals surface area contributed by atoms with E-state index in [9.17, 15) is 9.59 Å². The first-order valence-corrected chi connectivity index (χ1v) is 11.1. The molecule has 2 aliphatic rings. The molecule has 0 aromatic heterocycles. The number of carbonyl (C=O) groups excluding carboxylic acids is 2. The third kappa shape index (κ3) is 7.02. The van der Waals surface area contributed by atoms with Gasteiger partial charge in [0.1, 0.15) is 17.9 Å². The van der Waals surface area contributed by atoms with Crippen molar-refractivity contribution < 1.29 is 19.1 Å². The van der Waals surface area contributed by atoms with Crippen LogP contribution in [-0.2, 0) is 9.53 Å². The van der Waals surface area contributed by atoms with Gasteiger partial charge in [-0.05, 0) is 64.3 Å². The Labute approximate surface area is 185 Å². The molecular weight excluding hydrogens is 396 g/mol. The second-order valence-electron chi connectivity index (χ2n) is 9.32. The van der Waals surface area contributed by atoms with Gasteiger partial charge in [0.05, 0.1) is 7.11 Å². The second kappa shape index (κ2) is 10.2. The highest BCUT2D eigenvalue weighted by molar-refractivity contribution is 5.82. The minimum atomic E-state index is -0.574. The maximum absolute atomic E-state index is 12.2. The summed E-state index contributed by atoms with van der Waals surface area (Å²) in [5.74, 6) is 0.706. The molecule has 2 saturated heterocycles. The van der Waals surface area contributed by atoms with Crippen molar-refractivity contribution in [3.05, 3.63) is 24.3 Å². The van der Waals surface area contributed by atoms with Gasteiger partial charge in [0, 0.05) is 44.0 Å². The molecule has 2 aliphatic heterocycles. The van der Waals surface area contributed by atoms with Crippen LogP contribution in [0.1, 0.15) is 40.0 Å². The minimum absolute atomic E-state index is 0.0638. The van der Waals surface area contributed by atoms with Crippen LogP contribution in [0.5, 0.6) is 5.75 Å². The predicted octanol–water partition coefficient (Wildman–Crippen LogP) is 2.38. The van der Waals surface area contributed by atoms with E-state index in [1.54, 1.807) is 27.9 Å². The third-order valence-electron chi connectivity index (χ3n) is 5.80. The lowest BCUT2D eigenvalue weighted by Crippen LogP contribution is -2.47. The van der Waals surface area contributed by atoms with Crippen molar-refractivity contribution in [3.63, 3.8) is 0 Å². The summed E-state index contributed by atoms with van der Waals surface area (Å²) in [4.78, 5) is 28.8. The van der Waals surface area contributed by atoms with Gasteiger partial charge >= 0.3 is 6.09 Å². The Balaban J connectivity index is 1.37. The average Bonchev–Trinajstić information content (AvgIpc) is 3.20. The summed E-state index contributed by atoms with van der Waals surface area (Å²) >= 11 is 0. The number of ether oxygens (including phenoxy) is 2. The highest BCUT2D eigenvalue weighted by Crippen LogP contribution is 2.26. The molecule has 8 heteroatoms. The van der Waals surface area contributed by atoms with E-state index >= 15 is 0 Å². The average molecular weight is 433 g/mol. The normalized spacial score (nSPS) is 20.4. The fourth-order valence-electron chi connectivity index (χ4n) is 4.26.